The first-order chi connectivity index (χ1) is 13.6. The van der Waals surface area contributed by atoms with E-state index in [2.05, 4.69) is 34.6 Å². The van der Waals surface area contributed by atoms with Gasteiger partial charge in [-0.2, -0.15) is 5.10 Å². The van der Waals surface area contributed by atoms with Gasteiger partial charge in [0.1, 0.15) is 11.6 Å². The Hall–Kier alpha value is -2.86. The second-order valence-corrected chi connectivity index (χ2v) is 7.28. The number of carbonyl (C=O) groups excluding carboxylic acids is 1. The molecule has 1 atom stereocenters. The molecule has 0 saturated carbocycles. The maximum atomic E-state index is 12.1. The lowest BCUT2D eigenvalue weighted by atomic mass is 9.74. The van der Waals surface area contributed by atoms with Crippen LogP contribution in [-0.4, -0.2) is 29.2 Å². The number of amides is 1. The zero-order valence-corrected chi connectivity index (χ0v) is 17.4. The zero-order chi connectivity index (χ0) is 19.6. The van der Waals surface area contributed by atoms with E-state index in [9.17, 15) is 4.79 Å². The Morgan fingerprint density at radius 1 is 1.17 bits per heavy atom. The number of aromatic nitrogens is 2. The predicted octanol–water partition coefficient (Wildman–Crippen LogP) is 4.59. The number of unbranched alkanes of at least 4 members (excludes halogenated alkanes) is 1. The Balaban J connectivity index is 0.00000240. The van der Waals surface area contributed by atoms with E-state index < -0.39 is 0 Å². The molecule has 2 aromatic carbocycles. The van der Waals surface area contributed by atoms with Crippen LogP contribution in [0.4, 0.5) is 0 Å². The first-order valence-electron chi connectivity index (χ1n) is 9.61. The number of benzene rings is 2. The van der Waals surface area contributed by atoms with Crippen LogP contribution in [0.25, 0.3) is 22.4 Å². The minimum absolute atomic E-state index is 0. The van der Waals surface area contributed by atoms with Gasteiger partial charge in [0.2, 0.25) is 5.91 Å². The van der Waals surface area contributed by atoms with Crippen molar-refractivity contribution in [2.24, 2.45) is 5.10 Å². The standard InChI is InChI=1S/C22H24N4O2.ClH/c1-3-4-11-22(13-20(27)26-23-14-22)16-7-10-18-19(12-16)25-21(24-18)15-5-8-17(28-2)9-6-15;/h5-10,12,14H,3-4,11,13H2,1-2H3,(H,24,25)(H,26,27);1H. The number of carbonyl (C=O) groups is 1. The summed E-state index contributed by atoms with van der Waals surface area (Å²) in [6, 6.07) is 14.0. The number of hydrogen-bond acceptors (Lipinski definition) is 4. The van der Waals surface area contributed by atoms with Crippen LogP contribution < -0.4 is 10.2 Å². The lowest BCUT2D eigenvalue weighted by Gasteiger charge is -2.32. The fourth-order valence-electron chi connectivity index (χ4n) is 3.77. The molecule has 0 aliphatic carbocycles. The molecule has 152 valence electrons. The van der Waals surface area contributed by atoms with Crippen LogP contribution in [-0.2, 0) is 10.2 Å². The van der Waals surface area contributed by atoms with Crippen LogP contribution in [0.15, 0.2) is 47.6 Å². The van der Waals surface area contributed by atoms with Gasteiger partial charge >= 0.3 is 0 Å². The van der Waals surface area contributed by atoms with Crippen molar-refractivity contribution < 1.29 is 9.53 Å². The van der Waals surface area contributed by atoms with Gasteiger partial charge in [-0.3, -0.25) is 4.79 Å². The van der Waals surface area contributed by atoms with Crippen molar-refractivity contribution in [1.82, 2.24) is 15.4 Å². The van der Waals surface area contributed by atoms with Crippen molar-refractivity contribution in [3.63, 3.8) is 0 Å². The number of nitrogens with zero attached hydrogens (tertiary/aromatic N) is 2. The SMILES string of the molecule is CCCCC1(c2ccc3nc(-c4ccc(OC)cc4)[nH]c3c2)C=NNC(=O)C1.Cl. The van der Waals surface area contributed by atoms with E-state index in [1.165, 1.54) is 0 Å². The average molecular weight is 413 g/mol. The number of fused-ring (bicyclic) bond motifs is 1. The number of aromatic amines is 1. The molecule has 0 bridgehead atoms. The van der Waals surface area contributed by atoms with Gasteiger partial charge in [0.15, 0.2) is 0 Å². The van der Waals surface area contributed by atoms with Gasteiger partial charge in [-0.25, -0.2) is 10.4 Å². The first kappa shape index (κ1) is 20.9. The Morgan fingerprint density at radius 2 is 1.97 bits per heavy atom. The Kier molecular flexibility index (Phi) is 6.23. The highest BCUT2D eigenvalue weighted by Crippen LogP contribution is 2.35. The zero-order valence-electron chi connectivity index (χ0n) is 16.6. The summed E-state index contributed by atoms with van der Waals surface area (Å²) in [6.45, 7) is 2.16. The molecule has 2 N–H and O–H groups in total. The summed E-state index contributed by atoms with van der Waals surface area (Å²) in [6.07, 6.45) is 5.32. The molecule has 0 saturated heterocycles. The highest BCUT2D eigenvalue weighted by atomic mass is 35.5. The van der Waals surface area contributed by atoms with E-state index in [1.807, 2.05) is 36.5 Å². The number of methoxy groups -OCH3 is 1. The number of hydrazone groups is 1. The van der Waals surface area contributed by atoms with Crippen molar-refractivity contribution in [1.29, 1.82) is 0 Å². The Bertz CT molecular complexity index is 1030. The number of rotatable bonds is 6. The monoisotopic (exact) mass is 412 g/mol. The third-order valence-corrected chi connectivity index (χ3v) is 5.37. The second kappa shape index (κ2) is 8.66. The molecule has 1 aromatic heterocycles. The van der Waals surface area contributed by atoms with Crippen LogP contribution >= 0.6 is 12.4 Å². The van der Waals surface area contributed by atoms with E-state index in [1.54, 1.807) is 7.11 Å². The van der Waals surface area contributed by atoms with Crippen LogP contribution in [0.1, 0.15) is 38.2 Å². The van der Waals surface area contributed by atoms with Gasteiger partial charge in [0.25, 0.3) is 0 Å². The van der Waals surface area contributed by atoms with Crippen molar-refractivity contribution in [3.05, 3.63) is 48.0 Å². The van der Waals surface area contributed by atoms with Crippen LogP contribution in [0.3, 0.4) is 0 Å². The largest absolute Gasteiger partial charge is 0.497 e. The number of H-pyrrole nitrogens is 1. The fourth-order valence-corrected chi connectivity index (χ4v) is 3.77. The smallest absolute Gasteiger partial charge is 0.241 e. The van der Waals surface area contributed by atoms with E-state index in [4.69, 9.17) is 9.72 Å². The minimum Gasteiger partial charge on any atom is -0.497 e. The van der Waals surface area contributed by atoms with E-state index in [0.717, 1.165) is 53.0 Å². The summed E-state index contributed by atoms with van der Waals surface area (Å²) < 4.78 is 5.22. The Morgan fingerprint density at radius 3 is 2.66 bits per heavy atom. The highest BCUT2D eigenvalue weighted by Gasteiger charge is 2.35. The molecule has 6 nitrogen and oxygen atoms in total. The maximum Gasteiger partial charge on any atom is 0.241 e. The topological polar surface area (TPSA) is 79.4 Å². The van der Waals surface area contributed by atoms with Gasteiger partial charge in [0, 0.05) is 23.6 Å². The molecule has 3 aromatic rings. The summed E-state index contributed by atoms with van der Waals surface area (Å²) in [5.74, 6) is 1.59. The van der Waals surface area contributed by atoms with Crippen molar-refractivity contribution in [3.8, 4) is 17.1 Å². The third kappa shape index (κ3) is 4.12. The molecule has 1 unspecified atom stereocenters. The molecule has 2 heterocycles. The number of imidazole rings is 1. The van der Waals surface area contributed by atoms with Crippen molar-refractivity contribution >= 4 is 35.6 Å². The first-order valence-corrected chi connectivity index (χ1v) is 9.61. The van der Waals surface area contributed by atoms with Gasteiger partial charge < -0.3 is 9.72 Å². The lowest BCUT2D eigenvalue weighted by Crippen LogP contribution is -2.39. The fraction of sp³-hybridized carbons (Fsp3) is 0.318. The number of nitrogens with one attached hydrogen (secondary N) is 2. The van der Waals surface area contributed by atoms with Crippen molar-refractivity contribution in [2.45, 2.75) is 38.0 Å². The van der Waals surface area contributed by atoms with E-state index in [-0.39, 0.29) is 23.7 Å². The summed E-state index contributed by atoms with van der Waals surface area (Å²) in [7, 11) is 1.65. The molecule has 7 heteroatoms. The summed E-state index contributed by atoms with van der Waals surface area (Å²) in [5.41, 5.74) is 6.14. The second-order valence-electron chi connectivity index (χ2n) is 7.28. The van der Waals surface area contributed by atoms with Crippen LogP contribution in [0.2, 0.25) is 0 Å². The number of ether oxygens (including phenoxy) is 1. The predicted molar refractivity (Wildman–Crippen MR) is 118 cm³/mol. The average Bonchev–Trinajstić information content (AvgIpc) is 3.16. The summed E-state index contributed by atoms with van der Waals surface area (Å²) in [5, 5.41) is 4.13. The molecule has 1 amide bonds. The minimum atomic E-state index is -0.363. The molecule has 4 rings (SSSR count). The quantitative estimate of drug-likeness (QED) is 0.621. The molecule has 29 heavy (non-hydrogen) atoms. The molecular weight excluding hydrogens is 388 g/mol. The Labute approximate surface area is 176 Å². The lowest BCUT2D eigenvalue weighted by molar-refractivity contribution is -0.122. The van der Waals surface area contributed by atoms with Crippen molar-refractivity contribution in [2.75, 3.05) is 7.11 Å². The van der Waals surface area contributed by atoms with E-state index >= 15 is 0 Å². The van der Waals surface area contributed by atoms with Gasteiger partial charge in [0.05, 0.1) is 18.1 Å². The molecule has 1 aliphatic rings. The van der Waals surface area contributed by atoms with Gasteiger partial charge in [-0.1, -0.05) is 25.8 Å². The summed E-state index contributed by atoms with van der Waals surface area (Å²) in [4.78, 5) is 20.2. The van der Waals surface area contributed by atoms with Gasteiger partial charge in [-0.15, -0.1) is 12.4 Å². The molecule has 1 aliphatic heterocycles. The van der Waals surface area contributed by atoms with E-state index in [0.29, 0.717) is 6.42 Å². The number of hydrogen-bond donors (Lipinski definition) is 2. The van der Waals surface area contributed by atoms with Gasteiger partial charge in [-0.05, 0) is 48.4 Å². The maximum absolute atomic E-state index is 12.1. The molecule has 0 spiro atoms. The normalized spacial score (nSPS) is 18.3. The molecular formula is C22H25ClN4O2. The van der Waals surface area contributed by atoms with Crippen LogP contribution in [0.5, 0.6) is 5.75 Å². The summed E-state index contributed by atoms with van der Waals surface area (Å²) >= 11 is 0. The number of halogens is 1. The molecule has 0 radical (unpaired) electrons. The molecule has 0 fully saturated rings. The third-order valence-electron chi connectivity index (χ3n) is 5.37. The van der Waals surface area contributed by atoms with Crippen LogP contribution in [0, 0.1) is 0 Å². The highest BCUT2D eigenvalue weighted by molar-refractivity contribution is 5.90.